The molecule has 3 aliphatic rings. The van der Waals surface area contributed by atoms with E-state index >= 15 is 0 Å². The summed E-state index contributed by atoms with van der Waals surface area (Å²) in [7, 11) is 0. The fraction of sp³-hybridized carbons (Fsp3) is 0.562. The maximum atomic E-state index is 13.0. The zero-order valence-electron chi connectivity index (χ0n) is 11.5. The molecule has 3 saturated heterocycles. The first-order valence-corrected chi connectivity index (χ1v) is 7.50. The van der Waals surface area contributed by atoms with Crippen LogP contribution in [0.25, 0.3) is 0 Å². The number of rotatable bonds is 1. The molecule has 0 aromatic heterocycles. The smallest absolute Gasteiger partial charge is 0.231 e. The molecular formula is C16H20N2O2. The summed E-state index contributed by atoms with van der Waals surface area (Å²) < 4.78 is 5.93. The van der Waals surface area contributed by atoms with Gasteiger partial charge in [-0.05, 0) is 31.5 Å². The number of carbonyl (C=O) groups excluding carboxylic acids is 1. The molecule has 2 atom stereocenters. The van der Waals surface area contributed by atoms with Crippen molar-refractivity contribution < 1.29 is 9.53 Å². The third-order valence-corrected chi connectivity index (χ3v) is 5.09. The molecule has 1 aromatic carbocycles. The molecule has 0 saturated carbocycles. The number of nitrogens with zero attached hydrogens (tertiary/aromatic N) is 1. The molecule has 0 radical (unpaired) electrons. The molecule has 3 aliphatic heterocycles. The summed E-state index contributed by atoms with van der Waals surface area (Å²) in [4.78, 5) is 15.0. The largest absolute Gasteiger partial charge is 0.356 e. The van der Waals surface area contributed by atoms with Gasteiger partial charge in [-0.25, -0.2) is 0 Å². The summed E-state index contributed by atoms with van der Waals surface area (Å²) in [5.41, 5.74) is 1.03. The van der Waals surface area contributed by atoms with Gasteiger partial charge in [0.2, 0.25) is 5.91 Å². The van der Waals surface area contributed by atoms with Crippen molar-refractivity contribution in [3.63, 3.8) is 0 Å². The van der Waals surface area contributed by atoms with Gasteiger partial charge in [-0.2, -0.15) is 0 Å². The highest BCUT2D eigenvalue weighted by molar-refractivity contribution is 5.86. The van der Waals surface area contributed by atoms with Gasteiger partial charge in [0.05, 0.1) is 18.1 Å². The standard InChI is InChI=1S/C16H20N2O2/c19-15-16(6-8-17-9-7-16)10-14-18(15)13(11-20-14)12-4-2-1-3-5-12/h1-5,13-14,17H,6-11H2/t13-,14-/m0/s1. The monoisotopic (exact) mass is 272 g/mol. The van der Waals surface area contributed by atoms with Crippen LogP contribution in [0.2, 0.25) is 0 Å². The molecule has 3 heterocycles. The first-order valence-electron chi connectivity index (χ1n) is 7.50. The Morgan fingerprint density at radius 1 is 1.20 bits per heavy atom. The second kappa shape index (κ2) is 4.57. The zero-order valence-corrected chi connectivity index (χ0v) is 11.5. The number of nitrogens with one attached hydrogen (secondary N) is 1. The predicted octanol–water partition coefficient (Wildman–Crippen LogP) is 1.69. The highest BCUT2D eigenvalue weighted by Crippen LogP contribution is 2.49. The van der Waals surface area contributed by atoms with Crippen LogP contribution in [0.4, 0.5) is 0 Å². The lowest BCUT2D eigenvalue weighted by molar-refractivity contribution is -0.139. The van der Waals surface area contributed by atoms with Crippen LogP contribution in [-0.2, 0) is 9.53 Å². The van der Waals surface area contributed by atoms with E-state index in [4.69, 9.17) is 4.74 Å². The second-order valence-electron chi connectivity index (χ2n) is 6.16. The summed E-state index contributed by atoms with van der Waals surface area (Å²) in [5.74, 6) is 0.315. The van der Waals surface area contributed by atoms with Crippen LogP contribution in [0.3, 0.4) is 0 Å². The van der Waals surface area contributed by atoms with E-state index in [0.717, 1.165) is 32.4 Å². The number of hydrogen-bond donors (Lipinski definition) is 1. The first kappa shape index (κ1) is 12.4. The fourth-order valence-electron chi connectivity index (χ4n) is 3.94. The van der Waals surface area contributed by atoms with Crippen molar-refractivity contribution >= 4 is 5.91 Å². The molecule has 1 N–H and O–H groups in total. The Bertz CT molecular complexity index is 510. The van der Waals surface area contributed by atoms with E-state index in [0.29, 0.717) is 12.5 Å². The van der Waals surface area contributed by atoms with Crippen molar-refractivity contribution in [2.24, 2.45) is 5.41 Å². The number of piperidine rings is 1. The van der Waals surface area contributed by atoms with Gasteiger partial charge in [-0.3, -0.25) is 4.79 Å². The molecule has 4 heteroatoms. The maximum Gasteiger partial charge on any atom is 0.231 e. The molecule has 0 aliphatic carbocycles. The van der Waals surface area contributed by atoms with Crippen LogP contribution in [-0.4, -0.2) is 36.7 Å². The summed E-state index contributed by atoms with van der Waals surface area (Å²) in [6.07, 6.45) is 2.76. The average Bonchev–Trinajstić information content (AvgIpc) is 3.01. The van der Waals surface area contributed by atoms with E-state index in [1.54, 1.807) is 0 Å². The summed E-state index contributed by atoms with van der Waals surface area (Å²) >= 11 is 0. The van der Waals surface area contributed by atoms with Crippen molar-refractivity contribution in [3.8, 4) is 0 Å². The van der Waals surface area contributed by atoms with E-state index in [1.165, 1.54) is 5.56 Å². The van der Waals surface area contributed by atoms with E-state index in [1.807, 2.05) is 23.1 Å². The Hall–Kier alpha value is -1.39. The van der Waals surface area contributed by atoms with Crippen molar-refractivity contribution in [3.05, 3.63) is 35.9 Å². The highest BCUT2D eigenvalue weighted by Gasteiger charge is 2.56. The summed E-state index contributed by atoms with van der Waals surface area (Å²) in [5, 5.41) is 3.35. The van der Waals surface area contributed by atoms with Crippen LogP contribution in [0.5, 0.6) is 0 Å². The third kappa shape index (κ3) is 1.71. The molecule has 0 unspecified atom stereocenters. The van der Waals surface area contributed by atoms with Gasteiger partial charge in [0.1, 0.15) is 6.23 Å². The van der Waals surface area contributed by atoms with Gasteiger partial charge < -0.3 is 15.0 Å². The highest BCUT2D eigenvalue weighted by atomic mass is 16.5. The Labute approximate surface area is 119 Å². The van der Waals surface area contributed by atoms with Crippen LogP contribution < -0.4 is 5.32 Å². The van der Waals surface area contributed by atoms with Gasteiger partial charge in [-0.15, -0.1) is 0 Å². The summed E-state index contributed by atoms with van der Waals surface area (Å²) in [6, 6.07) is 10.4. The Balaban J connectivity index is 1.64. The van der Waals surface area contributed by atoms with Crippen molar-refractivity contribution in [2.45, 2.75) is 31.5 Å². The van der Waals surface area contributed by atoms with Crippen molar-refractivity contribution in [1.82, 2.24) is 10.2 Å². The Morgan fingerprint density at radius 2 is 1.95 bits per heavy atom. The number of benzene rings is 1. The fourth-order valence-corrected chi connectivity index (χ4v) is 3.94. The molecule has 1 spiro atoms. The molecular weight excluding hydrogens is 252 g/mol. The minimum Gasteiger partial charge on any atom is -0.356 e. The minimum absolute atomic E-state index is 0.00851. The van der Waals surface area contributed by atoms with E-state index < -0.39 is 0 Å². The van der Waals surface area contributed by atoms with E-state index in [9.17, 15) is 4.79 Å². The SMILES string of the molecule is O=C1N2[C@H](CC13CCNCC3)OC[C@H]2c1ccccc1. The number of hydrogen-bond acceptors (Lipinski definition) is 3. The van der Waals surface area contributed by atoms with Crippen LogP contribution in [0.1, 0.15) is 30.9 Å². The summed E-state index contributed by atoms with van der Waals surface area (Å²) in [6.45, 7) is 2.53. The van der Waals surface area contributed by atoms with Crippen LogP contribution >= 0.6 is 0 Å². The van der Waals surface area contributed by atoms with Gasteiger partial charge in [0.15, 0.2) is 0 Å². The normalized spacial score (nSPS) is 31.8. The number of fused-ring (bicyclic) bond motifs is 1. The molecule has 20 heavy (non-hydrogen) atoms. The number of ether oxygens (including phenoxy) is 1. The zero-order chi connectivity index (χ0) is 13.6. The molecule has 0 bridgehead atoms. The lowest BCUT2D eigenvalue weighted by atomic mass is 9.77. The molecule has 4 rings (SSSR count). The topological polar surface area (TPSA) is 41.6 Å². The van der Waals surface area contributed by atoms with E-state index in [-0.39, 0.29) is 17.7 Å². The lowest BCUT2D eigenvalue weighted by Crippen LogP contribution is -2.43. The Morgan fingerprint density at radius 3 is 2.70 bits per heavy atom. The molecule has 3 fully saturated rings. The van der Waals surface area contributed by atoms with Gasteiger partial charge >= 0.3 is 0 Å². The van der Waals surface area contributed by atoms with Crippen molar-refractivity contribution in [2.75, 3.05) is 19.7 Å². The molecule has 1 aromatic rings. The number of carbonyl (C=O) groups is 1. The van der Waals surface area contributed by atoms with Gasteiger partial charge in [0, 0.05) is 6.42 Å². The van der Waals surface area contributed by atoms with Crippen LogP contribution in [0, 0.1) is 5.41 Å². The average molecular weight is 272 g/mol. The van der Waals surface area contributed by atoms with Crippen molar-refractivity contribution in [1.29, 1.82) is 0 Å². The first-order chi connectivity index (χ1) is 9.80. The maximum absolute atomic E-state index is 13.0. The third-order valence-electron chi connectivity index (χ3n) is 5.09. The predicted molar refractivity (Wildman–Crippen MR) is 74.9 cm³/mol. The van der Waals surface area contributed by atoms with E-state index in [2.05, 4.69) is 17.4 Å². The van der Waals surface area contributed by atoms with Gasteiger partial charge in [0.25, 0.3) is 0 Å². The second-order valence-corrected chi connectivity index (χ2v) is 6.16. The minimum atomic E-state index is -0.163. The molecule has 4 nitrogen and oxygen atoms in total. The van der Waals surface area contributed by atoms with Crippen LogP contribution in [0.15, 0.2) is 30.3 Å². The molecule has 1 amide bonds. The number of amides is 1. The molecule has 106 valence electrons. The van der Waals surface area contributed by atoms with Gasteiger partial charge in [-0.1, -0.05) is 30.3 Å². The lowest BCUT2D eigenvalue weighted by Gasteiger charge is -2.33. The quantitative estimate of drug-likeness (QED) is 0.846. The Kier molecular flexibility index (Phi) is 2.82.